The summed E-state index contributed by atoms with van der Waals surface area (Å²) >= 11 is 0. The second-order valence-electron chi connectivity index (χ2n) is 7.89. The molecule has 0 aromatic rings. The molecule has 0 aliphatic heterocycles. The molecule has 0 bridgehead atoms. The molecule has 0 saturated heterocycles. The Morgan fingerprint density at radius 1 is 0.550 bits per heavy atom. The molecule has 0 aromatic heterocycles. The Bertz CT molecular complexity index is 225. The highest BCUT2D eigenvalue weighted by molar-refractivity contribution is 5.00. The molecule has 0 amide bonds. The highest BCUT2D eigenvalue weighted by Gasteiger charge is 2.49. The monoisotopic (exact) mass is 278 g/mol. The molecule has 2 aliphatic rings. The van der Waals surface area contributed by atoms with Gasteiger partial charge in [0.25, 0.3) is 0 Å². The van der Waals surface area contributed by atoms with E-state index < -0.39 is 0 Å². The van der Waals surface area contributed by atoms with Crippen LogP contribution in [-0.2, 0) is 0 Å². The van der Waals surface area contributed by atoms with Gasteiger partial charge in [-0.25, -0.2) is 0 Å². The highest BCUT2D eigenvalue weighted by Crippen LogP contribution is 2.61. The van der Waals surface area contributed by atoms with Gasteiger partial charge < -0.3 is 0 Å². The van der Waals surface area contributed by atoms with E-state index in [0.717, 1.165) is 10.8 Å². The first kappa shape index (κ1) is 16.4. The first-order chi connectivity index (χ1) is 9.79. The third-order valence-corrected chi connectivity index (χ3v) is 6.76. The molecule has 0 heteroatoms. The smallest absolute Gasteiger partial charge is 0.0241 e. The van der Waals surface area contributed by atoms with Crippen molar-refractivity contribution in [2.45, 2.75) is 117 Å². The zero-order valence-electron chi connectivity index (χ0n) is 14.3. The normalized spacial score (nSPS) is 25.5. The summed E-state index contributed by atoms with van der Waals surface area (Å²) in [5, 5.41) is 0. The van der Waals surface area contributed by atoms with Crippen molar-refractivity contribution in [3.05, 3.63) is 0 Å². The van der Waals surface area contributed by atoms with E-state index in [1.54, 1.807) is 38.5 Å². The number of unbranched alkanes of at least 4 members (excludes halogenated alkanes) is 2. The molecule has 118 valence electrons. The van der Waals surface area contributed by atoms with Crippen LogP contribution in [0.3, 0.4) is 0 Å². The lowest BCUT2D eigenvalue weighted by molar-refractivity contribution is -0.0510. The summed E-state index contributed by atoms with van der Waals surface area (Å²) in [7, 11) is 0. The van der Waals surface area contributed by atoms with Gasteiger partial charge in [-0.3, -0.25) is 0 Å². The van der Waals surface area contributed by atoms with Crippen LogP contribution < -0.4 is 0 Å². The highest BCUT2D eigenvalue weighted by atomic mass is 14.5. The van der Waals surface area contributed by atoms with E-state index in [-0.39, 0.29) is 0 Å². The first-order valence-corrected chi connectivity index (χ1v) is 9.79. The van der Waals surface area contributed by atoms with E-state index in [2.05, 4.69) is 13.8 Å². The summed E-state index contributed by atoms with van der Waals surface area (Å²) in [6.07, 6.45) is 24.2. The molecule has 2 aliphatic carbocycles. The van der Waals surface area contributed by atoms with Crippen molar-refractivity contribution in [3.8, 4) is 0 Å². The van der Waals surface area contributed by atoms with Gasteiger partial charge in [-0.15, -0.1) is 0 Å². The molecular formula is C20H38. The van der Waals surface area contributed by atoms with Crippen LogP contribution in [0.25, 0.3) is 0 Å². The Morgan fingerprint density at radius 3 is 1.20 bits per heavy atom. The van der Waals surface area contributed by atoms with Gasteiger partial charge in [0.1, 0.15) is 0 Å². The van der Waals surface area contributed by atoms with Crippen molar-refractivity contribution in [1.82, 2.24) is 0 Å². The average molecular weight is 279 g/mol. The summed E-state index contributed by atoms with van der Waals surface area (Å²) in [6.45, 7) is 4.77. The van der Waals surface area contributed by atoms with Gasteiger partial charge in [-0.05, 0) is 49.4 Å². The quantitative estimate of drug-likeness (QED) is 0.459. The van der Waals surface area contributed by atoms with E-state index in [4.69, 9.17) is 0 Å². The minimum atomic E-state index is 0.747. The standard InChI is InChI=1S/C20H38/c1-3-5-13-19(15-9-7-10-16-19)20(14-6-4-2)17-11-8-12-18-20/h3-18H2,1-2H3. The second-order valence-corrected chi connectivity index (χ2v) is 7.89. The fraction of sp³-hybridized carbons (Fsp3) is 1.00. The molecule has 0 atom stereocenters. The number of hydrogen-bond acceptors (Lipinski definition) is 0. The van der Waals surface area contributed by atoms with Gasteiger partial charge in [0.05, 0.1) is 0 Å². The van der Waals surface area contributed by atoms with Crippen molar-refractivity contribution >= 4 is 0 Å². The largest absolute Gasteiger partial charge is 0.0654 e. The fourth-order valence-corrected chi connectivity index (χ4v) is 5.58. The number of hydrogen-bond donors (Lipinski definition) is 0. The van der Waals surface area contributed by atoms with Gasteiger partial charge >= 0.3 is 0 Å². The molecule has 0 N–H and O–H groups in total. The van der Waals surface area contributed by atoms with Crippen LogP contribution >= 0.6 is 0 Å². The summed E-state index contributed by atoms with van der Waals surface area (Å²) in [4.78, 5) is 0. The molecular weight excluding hydrogens is 240 g/mol. The van der Waals surface area contributed by atoms with E-state index in [1.165, 1.54) is 64.2 Å². The minimum absolute atomic E-state index is 0.747. The lowest BCUT2D eigenvalue weighted by Crippen LogP contribution is -2.45. The summed E-state index contributed by atoms with van der Waals surface area (Å²) in [6, 6.07) is 0. The Kier molecular flexibility index (Phi) is 6.43. The second kappa shape index (κ2) is 7.85. The van der Waals surface area contributed by atoms with E-state index in [0.29, 0.717) is 0 Å². The Morgan fingerprint density at radius 2 is 0.900 bits per heavy atom. The Labute approximate surface area is 128 Å². The fourth-order valence-electron chi connectivity index (χ4n) is 5.58. The molecule has 0 unspecified atom stereocenters. The molecule has 0 nitrogen and oxygen atoms in total. The molecule has 20 heavy (non-hydrogen) atoms. The molecule has 2 fully saturated rings. The third kappa shape index (κ3) is 3.42. The van der Waals surface area contributed by atoms with Crippen LogP contribution in [0.1, 0.15) is 117 Å². The van der Waals surface area contributed by atoms with Crippen molar-refractivity contribution in [3.63, 3.8) is 0 Å². The van der Waals surface area contributed by atoms with Crippen molar-refractivity contribution in [2.24, 2.45) is 10.8 Å². The van der Waals surface area contributed by atoms with Crippen LogP contribution in [0.4, 0.5) is 0 Å². The minimum Gasteiger partial charge on any atom is -0.0654 e. The summed E-state index contributed by atoms with van der Waals surface area (Å²) < 4.78 is 0. The maximum Gasteiger partial charge on any atom is -0.0241 e. The lowest BCUT2D eigenvalue weighted by Gasteiger charge is -2.56. The van der Waals surface area contributed by atoms with Crippen LogP contribution in [0.15, 0.2) is 0 Å². The molecule has 2 saturated carbocycles. The van der Waals surface area contributed by atoms with E-state index >= 15 is 0 Å². The van der Waals surface area contributed by atoms with Crippen LogP contribution in [0.5, 0.6) is 0 Å². The zero-order valence-corrected chi connectivity index (χ0v) is 14.3. The van der Waals surface area contributed by atoms with Gasteiger partial charge in [-0.2, -0.15) is 0 Å². The Balaban J connectivity index is 2.19. The van der Waals surface area contributed by atoms with Gasteiger partial charge in [-0.1, -0.05) is 78.1 Å². The van der Waals surface area contributed by atoms with Gasteiger partial charge in [0, 0.05) is 0 Å². The van der Waals surface area contributed by atoms with Gasteiger partial charge in [0.2, 0.25) is 0 Å². The molecule has 0 radical (unpaired) electrons. The maximum absolute atomic E-state index is 2.39. The predicted octanol–water partition coefficient (Wildman–Crippen LogP) is 7.27. The number of rotatable bonds is 7. The van der Waals surface area contributed by atoms with Crippen molar-refractivity contribution in [2.75, 3.05) is 0 Å². The topological polar surface area (TPSA) is 0 Å². The third-order valence-electron chi connectivity index (χ3n) is 6.76. The van der Waals surface area contributed by atoms with Crippen LogP contribution in [0, 0.1) is 10.8 Å². The van der Waals surface area contributed by atoms with Crippen molar-refractivity contribution < 1.29 is 0 Å². The average Bonchev–Trinajstić information content (AvgIpc) is 2.52. The maximum atomic E-state index is 2.39. The van der Waals surface area contributed by atoms with E-state index in [1.807, 2.05) is 0 Å². The first-order valence-electron chi connectivity index (χ1n) is 9.79. The molecule has 2 rings (SSSR count). The SMILES string of the molecule is CCCCC1(C2(CCCC)CCCCC2)CCCCC1. The summed E-state index contributed by atoms with van der Waals surface area (Å²) in [5.41, 5.74) is 1.49. The van der Waals surface area contributed by atoms with E-state index in [9.17, 15) is 0 Å². The van der Waals surface area contributed by atoms with Crippen LogP contribution in [-0.4, -0.2) is 0 Å². The molecule has 0 heterocycles. The zero-order chi connectivity index (χ0) is 14.3. The van der Waals surface area contributed by atoms with Crippen LogP contribution in [0.2, 0.25) is 0 Å². The van der Waals surface area contributed by atoms with Crippen molar-refractivity contribution in [1.29, 1.82) is 0 Å². The predicted molar refractivity (Wildman–Crippen MR) is 90.1 cm³/mol. The molecule has 0 aromatic carbocycles. The summed E-state index contributed by atoms with van der Waals surface area (Å²) in [5.74, 6) is 0. The Hall–Kier alpha value is 0. The van der Waals surface area contributed by atoms with Gasteiger partial charge in [0.15, 0.2) is 0 Å². The molecule has 0 spiro atoms. The lowest BCUT2D eigenvalue weighted by atomic mass is 9.49.